The van der Waals surface area contributed by atoms with Gasteiger partial charge in [-0.3, -0.25) is 4.79 Å². The number of hydrogen-bond acceptors (Lipinski definition) is 3. The highest BCUT2D eigenvalue weighted by Crippen LogP contribution is 2.41. The molecule has 1 aromatic rings. The molecule has 0 atom stereocenters. The summed E-state index contributed by atoms with van der Waals surface area (Å²) in [5.41, 5.74) is 1.72. The van der Waals surface area contributed by atoms with Crippen molar-refractivity contribution in [2.45, 2.75) is 44.9 Å². The Balaban J connectivity index is 2.13. The fourth-order valence-corrected chi connectivity index (χ4v) is 3.90. The van der Waals surface area contributed by atoms with Crippen molar-refractivity contribution in [3.05, 3.63) is 35.4 Å². The number of aryl methyl sites for hydroxylation is 1. The van der Waals surface area contributed by atoms with Crippen LogP contribution < -0.4 is 5.32 Å². The van der Waals surface area contributed by atoms with Gasteiger partial charge in [0, 0.05) is 12.3 Å². The Morgan fingerprint density at radius 3 is 2.55 bits per heavy atom. The summed E-state index contributed by atoms with van der Waals surface area (Å²) >= 11 is 0. The Kier molecular flexibility index (Phi) is 5.27. The second kappa shape index (κ2) is 6.82. The molecule has 0 unspecified atom stereocenters. The van der Waals surface area contributed by atoms with E-state index in [-0.39, 0.29) is 24.0 Å². The van der Waals surface area contributed by atoms with Crippen LogP contribution in [0.1, 0.15) is 43.7 Å². The maximum atomic E-state index is 12.7. The highest BCUT2D eigenvalue weighted by molar-refractivity contribution is 7.91. The van der Waals surface area contributed by atoms with Gasteiger partial charge in [0.15, 0.2) is 9.84 Å². The third-order valence-electron chi connectivity index (χ3n) is 4.60. The topological polar surface area (TPSA) is 63.2 Å². The number of nitrogens with one attached hydrogen (secondary N) is 1. The van der Waals surface area contributed by atoms with Crippen LogP contribution in [0.25, 0.3) is 0 Å². The summed E-state index contributed by atoms with van der Waals surface area (Å²) in [4.78, 5) is 12.7. The molecular weight excluding hydrogens is 298 g/mol. The van der Waals surface area contributed by atoms with Crippen molar-refractivity contribution in [3.63, 3.8) is 0 Å². The van der Waals surface area contributed by atoms with Gasteiger partial charge in [0.05, 0.1) is 11.2 Å². The second-order valence-corrected chi connectivity index (χ2v) is 8.62. The molecule has 122 valence electrons. The summed E-state index contributed by atoms with van der Waals surface area (Å²) in [5.74, 6) is 0.104. The first-order valence-electron chi connectivity index (χ1n) is 7.95. The van der Waals surface area contributed by atoms with Crippen LogP contribution in [-0.2, 0) is 20.0 Å². The van der Waals surface area contributed by atoms with Crippen molar-refractivity contribution in [3.8, 4) is 0 Å². The molecule has 0 radical (unpaired) electrons. The minimum Gasteiger partial charge on any atom is -0.354 e. The average molecular weight is 323 g/mol. The number of rotatable bonds is 6. The quantitative estimate of drug-likeness (QED) is 0.874. The summed E-state index contributed by atoms with van der Waals surface area (Å²) < 4.78 is 23.1. The molecule has 1 N–H and O–H groups in total. The second-order valence-electron chi connectivity index (χ2n) is 6.15. The normalized spacial score (nSPS) is 17.4. The van der Waals surface area contributed by atoms with Gasteiger partial charge >= 0.3 is 0 Å². The Bertz CT molecular complexity index is 631. The molecular formula is C17H25NO3S. The van der Waals surface area contributed by atoms with Crippen LogP contribution in [0.3, 0.4) is 0 Å². The van der Waals surface area contributed by atoms with E-state index in [0.29, 0.717) is 0 Å². The Morgan fingerprint density at radius 1 is 1.27 bits per heavy atom. The van der Waals surface area contributed by atoms with Gasteiger partial charge in [0.1, 0.15) is 0 Å². The molecule has 5 heteroatoms. The fourth-order valence-electron chi connectivity index (χ4n) is 3.20. The van der Waals surface area contributed by atoms with E-state index < -0.39 is 15.3 Å². The molecule has 0 aromatic heterocycles. The van der Waals surface area contributed by atoms with E-state index in [0.717, 1.165) is 36.8 Å². The third kappa shape index (κ3) is 3.69. The van der Waals surface area contributed by atoms with E-state index in [4.69, 9.17) is 0 Å². The van der Waals surface area contributed by atoms with E-state index in [1.807, 2.05) is 25.1 Å². The molecule has 1 aliphatic carbocycles. The van der Waals surface area contributed by atoms with Crippen molar-refractivity contribution >= 4 is 15.7 Å². The standard InChI is InChI=1S/C17H25NO3S/c1-3-22(20,21)12-11-18-16(19)17(9-4-5-10-17)15-8-6-7-14(2)13-15/h6-8,13H,3-5,9-12H2,1-2H3,(H,18,19). The van der Waals surface area contributed by atoms with Crippen LogP contribution in [0.5, 0.6) is 0 Å². The molecule has 1 amide bonds. The van der Waals surface area contributed by atoms with Crippen LogP contribution >= 0.6 is 0 Å². The first-order valence-corrected chi connectivity index (χ1v) is 9.78. The van der Waals surface area contributed by atoms with Crippen LogP contribution in [0, 0.1) is 6.92 Å². The zero-order valence-corrected chi connectivity index (χ0v) is 14.2. The molecule has 4 nitrogen and oxygen atoms in total. The minimum absolute atomic E-state index is 0.0130. The molecule has 2 rings (SSSR count). The predicted molar refractivity (Wildman–Crippen MR) is 88.7 cm³/mol. The Morgan fingerprint density at radius 2 is 1.95 bits per heavy atom. The number of hydrogen-bond donors (Lipinski definition) is 1. The third-order valence-corrected chi connectivity index (χ3v) is 6.31. The molecule has 0 heterocycles. The van der Waals surface area contributed by atoms with E-state index in [2.05, 4.69) is 11.4 Å². The number of benzene rings is 1. The fraction of sp³-hybridized carbons (Fsp3) is 0.588. The van der Waals surface area contributed by atoms with Crippen molar-refractivity contribution in [2.24, 2.45) is 0 Å². The van der Waals surface area contributed by atoms with Crippen LogP contribution in [-0.4, -0.2) is 32.4 Å². The van der Waals surface area contributed by atoms with Crippen LogP contribution in [0.15, 0.2) is 24.3 Å². The smallest absolute Gasteiger partial charge is 0.230 e. The lowest BCUT2D eigenvalue weighted by Gasteiger charge is -2.28. The summed E-state index contributed by atoms with van der Waals surface area (Å²) in [7, 11) is -3.04. The number of sulfone groups is 1. The molecule has 1 aliphatic rings. The summed E-state index contributed by atoms with van der Waals surface area (Å²) in [6, 6.07) is 8.10. The van der Waals surface area contributed by atoms with Gasteiger partial charge in [-0.25, -0.2) is 8.42 Å². The van der Waals surface area contributed by atoms with E-state index in [9.17, 15) is 13.2 Å². The highest BCUT2D eigenvalue weighted by Gasteiger charge is 2.42. The first kappa shape index (κ1) is 17.0. The van der Waals surface area contributed by atoms with Gasteiger partial charge < -0.3 is 5.32 Å². The SMILES string of the molecule is CCS(=O)(=O)CCNC(=O)C1(c2cccc(C)c2)CCCC1. The Labute approximate surface area is 133 Å². The first-order chi connectivity index (χ1) is 10.4. The van der Waals surface area contributed by atoms with Crippen molar-refractivity contribution < 1.29 is 13.2 Å². The van der Waals surface area contributed by atoms with Crippen LogP contribution in [0.4, 0.5) is 0 Å². The number of carbonyl (C=O) groups excluding carboxylic acids is 1. The minimum atomic E-state index is -3.04. The molecule has 0 aliphatic heterocycles. The molecule has 1 saturated carbocycles. The number of amides is 1. The van der Waals surface area contributed by atoms with Crippen LogP contribution in [0.2, 0.25) is 0 Å². The van der Waals surface area contributed by atoms with Gasteiger partial charge in [0.2, 0.25) is 5.91 Å². The Hall–Kier alpha value is -1.36. The molecule has 0 saturated heterocycles. The monoisotopic (exact) mass is 323 g/mol. The van der Waals surface area contributed by atoms with Gasteiger partial charge in [-0.15, -0.1) is 0 Å². The van der Waals surface area contributed by atoms with Gasteiger partial charge in [-0.2, -0.15) is 0 Å². The molecule has 1 fully saturated rings. The number of carbonyl (C=O) groups is 1. The molecule has 0 spiro atoms. The maximum absolute atomic E-state index is 12.7. The van der Waals surface area contributed by atoms with E-state index in [1.54, 1.807) is 6.92 Å². The zero-order valence-electron chi connectivity index (χ0n) is 13.4. The summed E-state index contributed by atoms with van der Waals surface area (Å²) in [5, 5.41) is 2.86. The van der Waals surface area contributed by atoms with Crippen molar-refractivity contribution in [1.82, 2.24) is 5.32 Å². The highest BCUT2D eigenvalue weighted by atomic mass is 32.2. The van der Waals surface area contributed by atoms with Gasteiger partial charge in [0.25, 0.3) is 0 Å². The average Bonchev–Trinajstić information content (AvgIpc) is 2.98. The zero-order chi connectivity index (χ0) is 16.2. The maximum Gasteiger partial charge on any atom is 0.230 e. The van der Waals surface area contributed by atoms with E-state index in [1.165, 1.54) is 0 Å². The predicted octanol–water partition coefficient (Wildman–Crippen LogP) is 2.36. The lowest BCUT2D eigenvalue weighted by Crippen LogP contribution is -2.44. The molecule has 0 bridgehead atoms. The van der Waals surface area contributed by atoms with Gasteiger partial charge in [-0.05, 0) is 25.3 Å². The summed E-state index contributed by atoms with van der Waals surface area (Å²) in [6.07, 6.45) is 3.74. The van der Waals surface area contributed by atoms with E-state index >= 15 is 0 Å². The largest absolute Gasteiger partial charge is 0.354 e. The lowest BCUT2D eigenvalue weighted by molar-refractivity contribution is -0.126. The van der Waals surface area contributed by atoms with Crippen molar-refractivity contribution in [2.75, 3.05) is 18.1 Å². The van der Waals surface area contributed by atoms with Gasteiger partial charge in [-0.1, -0.05) is 49.6 Å². The lowest BCUT2D eigenvalue weighted by atomic mass is 9.77. The molecule has 22 heavy (non-hydrogen) atoms. The molecule has 1 aromatic carbocycles. The van der Waals surface area contributed by atoms with Crippen molar-refractivity contribution in [1.29, 1.82) is 0 Å². The summed E-state index contributed by atoms with van der Waals surface area (Å²) in [6.45, 7) is 3.85.